The molecule has 0 amide bonds. The van der Waals surface area contributed by atoms with Gasteiger partial charge in [0.05, 0.1) is 12.5 Å². The molecule has 5 nitrogen and oxygen atoms in total. The van der Waals surface area contributed by atoms with Gasteiger partial charge in [0, 0.05) is 19.6 Å². The highest BCUT2D eigenvalue weighted by Crippen LogP contribution is 2.25. The third kappa shape index (κ3) is 7.07. The maximum absolute atomic E-state index is 11.7. The molecule has 0 aromatic rings. The van der Waals surface area contributed by atoms with Crippen LogP contribution in [0.4, 0.5) is 0 Å². The number of hydrogen-bond donors (Lipinski definition) is 2. The first-order valence-corrected chi connectivity index (χ1v) is 9.23. The molecule has 0 bridgehead atoms. The number of rotatable bonds is 7. The van der Waals surface area contributed by atoms with Crippen molar-refractivity contribution in [2.24, 2.45) is 10.9 Å². The lowest BCUT2D eigenvalue weighted by Crippen LogP contribution is -2.45. The van der Waals surface area contributed by atoms with Crippen LogP contribution in [-0.4, -0.2) is 50.2 Å². The Kier molecular flexibility index (Phi) is 9.30. The molecule has 1 aliphatic rings. The standard InChI is InChI=1S/C15H29N3O2S/c1-4-20-14(19)12-6-8-13(9-7-12)18-15(16-2)17-10-5-11-21-3/h12-13H,4-11H2,1-3H3,(H2,16,17,18). The monoisotopic (exact) mass is 315 g/mol. The maximum Gasteiger partial charge on any atom is 0.308 e. The van der Waals surface area contributed by atoms with Gasteiger partial charge in [-0.2, -0.15) is 11.8 Å². The number of guanidine groups is 1. The maximum atomic E-state index is 11.7. The molecule has 0 aromatic heterocycles. The van der Waals surface area contributed by atoms with Crippen molar-refractivity contribution < 1.29 is 9.53 Å². The van der Waals surface area contributed by atoms with Crippen LogP contribution >= 0.6 is 11.8 Å². The Hall–Kier alpha value is -0.910. The summed E-state index contributed by atoms with van der Waals surface area (Å²) in [6.07, 6.45) is 7.05. The highest BCUT2D eigenvalue weighted by Gasteiger charge is 2.27. The molecular formula is C15H29N3O2S. The van der Waals surface area contributed by atoms with Gasteiger partial charge < -0.3 is 15.4 Å². The van der Waals surface area contributed by atoms with Gasteiger partial charge in [0.1, 0.15) is 0 Å². The summed E-state index contributed by atoms with van der Waals surface area (Å²) >= 11 is 1.86. The van der Waals surface area contributed by atoms with E-state index in [1.807, 2.05) is 18.7 Å². The van der Waals surface area contributed by atoms with Crippen molar-refractivity contribution >= 4 is 23.7 Å². The Balaban J connectivity index is 2.25. The molecule has 0 atom stereocenters. The molecule has 0 saturated heterocycles. The summed E-state index contributed by atoms with van der Waals surface area (Å²) in [7, 11) is 1.80. The third-order valence-corrected chi connectivity index (χ3v) is 4.43. The lowest BCUT2D eigenvalue weighted by atomic mass is 9.86. The van der Waals surface area contributed by atoms with E-state index in [1.54, 1.807) is 7.05 Å². The smallest absolute Gasteiger partial charge is 0.308 e. The summed E-state index contributed by atoms with van der Waals surface area (Å²) in [4.78, 5) is 16.0. The first kappa shape index (κ1) is 18.1. The summed E-state index contributed by atoms with van der Waals surface area (Å²) in [5, 5.41) is 6.79. The van der Waals surface area contributed by atoms with Crippen LogP contribution in [0.1, 0.15) is 39.0 Å². The van der Waals surface area contributed by atoms with Crippen molar-refractivity contribution in [1.29, 1.82) is 0 Å². The van der Waals surface area contributed by atoms with E-state index < -0.39 is 0 Å². The van der Waals surface area contributed by atoms with Crippen LogP contribution in [0, 0.1) is 5.92 Å². The predicted octanol–water partition coefficient (Wildman–Crippen LogP) is 2.03. The van der Waals surface area contributed by atoms with Crippen LogP contribution in [0.2, 0.25) is 0 Å². The second-order valence-electron chi connectivity index (χ2n) is 5.29. The Bertz CT molecular complexity index is 329. The number of carbonyl (C=O) groups is 1. The van der Waals surface area contributed by atoms with E-state index in [0.29, 0.717) is 12.6 Å². The van der Waals surface area contributed by atoms with Crippen LogP contribution in [0.3, 0.4) is 0 Å². The second-order valence-corrected chi connectivity index (χ2v) is 6.28. The average Bonchev–Trinajstić information content (AvgIpc) is 2.51. The molecule has 1 aliphatic carbocycles. The van der Waals surface area contributed by atoms with Gasteiger partial charge in [0.25, 0.3) is 0 Å². The van der Waals surface area contributed by atoms with Crippen LogP contribution in [0.15, 0.2) is 4.99 Å². The van der Waals surface area contributed by atoms with E-state index in [9.17, 15) is 4.79 Å². The summed E-state index contributed by atoms with van der Waals surface area (Å²) in [6, 6.07) is 0.405. The quantitative estimate of drug-likeness (QED) is 0.326. The fourth-order valence-electron chi connectivity index (χ4n) is 2.54. The molecule has 21 heavy (non-hydrogen) atoms. The molecule has 1 rings (SSSR count). The minimum atomic E-state index is -0.0319. The number of aliphatic imine (C=N–C) groups is 1. The van der Waals surface area contributed by atoms with Crippen molar-refractivity contribution in [3.63, 3.8) is 0 Å². The SMILES string of the molecule is CCOC(=O)C1CCC(NC(=NC)NCCCSC)CC1. The van der Waals surface area contributed by atoms with Crippen LogP contribution < -0.4 is 10.6 Å². The van der Waals surface area contributed by atoms with E-state index in [4.69, 9.17) is 4.74 Å². The Morgan fingerprint density at radius 1 is 1.33 bits per heavy atom. The Labute approximate surface area is 132 Å². The van der Waals surface area contributed by atoms with Crippen molar-refractivity contribution in [2.75, 3.05) is 32.2 Å². The molecule has 6 heteroatoms. The summed E-state index contributed by atoms with van der Waals surface area (Å²) in [5.41, 5.74) is 0. The van der Waals surface area contributed by atoms with Gasteiger partial charge in [-0.1, -0.05) is 0 Å². The summed E-state index contributed by atoms with van der Waals surface area (Å²) in [5.74, 6) is 2.08. The van der Waals surface area contributed by atoms with E-state index in [0.717, 1.165) is 50.4 Å². The number of ether oxygens (including phenoxy) is 1. The largest absolute Gasteiger partial charge is 0.466 e. The zero-order valence-corrected chi connectivity index (χ0v) is 14.3. The Morgan fingerprint density at radius 3 is 2.62 bits per heavy atom. The van der Waals surface area contributed by atoms with Gasteiger partial charge in [-0.05, 0) is 51.0 Å². The second kappa shape index (κ2) is 10.8. The fraction of sp³-hybridized carbons (Fsp3) is 0.867. The van der Waals surface area contributed by atoms with Crippen LogP contribution in [0.5, 0.6) is 0 Å². The molecule has 0 aliphatic heterocycles. The minimum Gasteiger partial charge on any atom is -0.466 e. The molecule has 0 aromatic carbocycles. The van der Waals surface area contributed by atoms with E-state index >= 15 is 0 Å². The lowest BCUT2D eigenvalue weighted by Gasteiger charge is -2.29. The number of thioether (sulfide) groups is 1. The topological polar surface area (TPSA) is 62.7 Å². The van der Waals surface area contributed by atoms with Crippen molar-refractivity contribution in [1.82, 2.24) is 10.6 Å². The van der Waals surface area contributed by atoms with Gasteiger partial charge in [0.15, 0.2) is 5.96 Å². The molecule has 1 saturated carbocycles. The van der Waals surface area contributed by atoms with Gasteiger partial charge in [-0.15, -0.1) is 0 Å². The normalized spacial score (nSPS) is 22.7. The molecule has 2 N–H and O–H groups in total. The van der Waals surface area contributed by atoms with Crippen molar-refractivity contribution in [3.8, 4) is 0 Å². The predicted molar refractivity (Wildman–Crippen MR) is 89.9 cm³/mol. The van der Waals surface area contributed by atoms with Gasteiger partial charge in [-0.3, -0.25) is 9.79 Å². The number of nitrogens with zero attached hydrogens (tertiary/aromatic N) is 1. The first-order chi connectivity index (χ1) is 10.2. The van der Waals surface area contributed by atoms with Crippen molar-refractivity contribution in [3.05, 3.63) is 0 Å². The van der Waals surface area contributed by atoms with Gasteiger partial charge in [0.2, 0.25) is 0 Å². The number of hydrogen-bond acceptors (Lipinski definition) is 4. The van der Waals surface area contributed by atoms with E-state index in [1.165, 1.54) is 0 Å². The summed E-state index contributed by atoms with van der Waals surface area (Å²) in [6.45, 7) is 3.28. The molecule has 0 spiro atoms. The highest BCUT2D eigenvalue weighted by molar-refractivity contribution is 7.98. The molecule has 0 radical (unpaired) electrons. The molecule has 0 heterocycles. The van der Waals surface area contributed by atoms with Gasteiger partial charge >= 0.3 is 5.97 Å². The molecule has 0 unspecified atom stereocenters. The van der Waals surface area contributed by atoms with Crippen molar-refractivity contribution in [2.45, 2.75) is 45.1 Å². The first-order valence-electron chi connectivity index (χ1n) is 7.84. The molecule has 1 fully saturated rings. The van der Waals surface area contributed by atoms with Gasteiger partial charge in [-0.25, -0.2) is 0 Å². The lowest BCUT2D eigenvalue weighted by molar-refractivity contribution is -0.149. The number of carbonyl (C=O) groups excluding carboxylic acids is 1. The van der Waals surface area contributed by atoms with Crippen LogP contribution in [0.25, 0.3) is 0 Å². The average molecular weight is 315 g/mol. The Morgan fingerprint density at radius 2 is 2.05 bits per heavy atom. The third-order valence-electron chi connectivity index (χ3n) is 3.73. The van der Waals surface area contributed by atoms with E-state index in [2.05, 4.69) is 21.9 Å². The molecular weight excluding hydrogens is 286 g/mol. The highest BCUT2D eigenvalue weighted by atomic mass is 32.2. The van der Waals surface area contributed by atoms with E-state index in [-0.39, 0.29) is 11.9 Å². The zero-order valence-electron chi connectivity index (χ0n) is 13.5. The number of esters is 1. The zero-order chi connectivity index (χ0) is 15.5. The van der Waals surface area contributed by atoms with Crippen LogP contribution in [-0.2, 0) is 9.53 Å². The summed E-state index contributed by atoms with van der Waals surface area (Å²) < 4.78 is 5.10. The fourth-order valence-corrected chi connectivity index (χ4v) is 2.98. The number of nitrogens with one attached hydrogen (secondary N) is 2. The molecule has 122 valence electrons. The minimum absolute atomic E-state index is 0.0319.